The molecule has 0 aromatic carbocycles. The van der Waals surface area contributed by atoms with Gasteiger partial charge in [0.1, 0.15) is 0 Å². The minimum absolute atomic E-state index is 0.0356. The summed E-state index contributed by atoms with van der Waals surface area (Å²) in [5.41, 5.74) is 4.76. The molecule has 0 saturated carbocycles. The summed E-state index contributed by atoms with van der Waals surface area (Å²) in [5.74, 6) is 0. The summed E-state index contributed by atoms with van der Waals surface area (Å²) >= 11 is 0. The predicted molar refractivity (Wildman–Crippen MR) is 46.7 cm³/mol. The van der Waals surface area contributed by atoms with Crippen LogP contribution in [-0.2, 0) is 0 Å². The van der Waals surface area contributed by atoms with Gasteiger partial charge in [-0.3, -0.25) is 9.59 Å². The summed E-state index contributed by atoms with van der Waals surface area (Å²) in [4.78, 5) is 21.0. The molecule has 0 bridgehead atoms. The van der Waals surface area contributed by atoms with Crippen LogP contribution in [0.25, 0.3) is 0 Å². The summed E-state index contributed by atoms with van der Waals surface area (Å²) < 4.78 is 0. The van der Waals surface area contributed by atoms with Crippen molar-refractivity contribution >= 4 is 19.6 Å². The van der Waals surface area contributed by atoms with Gasteiger partial charge in [-0.2, -0.15) is 0 Å². The maximum Gasteiger partial charge on any atom is 0.358 e. The summed E-state index contributed by atoms with van der Waals surface area (Å²) in [6, 6.07) is -0.933. The molecule has 0 saturated heterocycles. The fourth-order valence-electron chi connectivity index (χ4n) is 0.525. The number of hydrogen-bond acceptors (Lipinski definition) is 2. The molecule has 0 aromatic rings. The monoisotopic (exact) mass is 172 g/mol. The number of amides is 4. The maximum atomic E-state index is 10.8. The zero-order valence-electron chi connectivity index (χ0n) is 7.18. The minimum atomic E-state index is -0.667. The smallest absolute Gasteiger partial charge is 0.358 e. The van der Waals surface area contributed by atoms with Crippen LogP contribution >= 0.6 is 0 Å². The predicted octanol–water partition coefficient (Wildman–Crippen LogP) is -1.37. The average Bonchev–Trinajstić information content (AvgIpc) is 1.84. The van der Waals surface area contributed by atoms with Gasteiger partial charge in [0.2, 0.25) is 0 Å². The van der Waals surface area contributed by atoms with E-state index in [1.54, 1.807) is 0 Å². The fourth-order valence-corrected chi connectivity index (χ4v) is 0.525. The number of nitrogens with two attached hydrogens (primary N) is 1. The van der Waals surface area contributed by atoms with E-state index in [-0.39, 0.29) is 19.6 Å². The first-order valence-electron chi connectivity index (χ1n) is 3.60. The number of hydrogen-bond donors (Lipinski definition) is 4. The average molecular weight is 172 g/mol. The second-order valence-electron chi connectivity index (χ2n) is 2.52. The molecule has 0 spiro atoms. The van der Waals surface area contributed by atoms with E-state index in [1.807, 2.05) is 13.8 Å². The lowest BCUT2D eigenvalue weighted by atomic mass is 10.2. The lowest BCUT2D eigenvalue weighted by Crippen LogP contribution is -2.48. The molecule has 0 heterocycles. The van der Waals surface area contributed by atoms with Gasteiger partial charge in [-0.1, -0.05) is 0 Å². The number of carbonyl (C=O) groups excluding carboxylic acids is 2. The standard InChI is InChI=1S/C5H13BN4O2/c1-3(2)8-5(12)10-6-9-4(7)11/h3,6H,1-2H3,(H3,7,9,11)(H2,8,10,12). The van der Waals surface area contributed by atoms with E-state index >= 15 is 0 Å². The normalized spacial score (nSPS) is 8.92. The Morgan fingerprint density at radius 3 is 2.33 bits per heavy atom. The van der Waals surface area contributed by atoms with Crippen LogP contribution in [0.2, 0.25) is 0 Å². The van der Waals surface area contributed by atoms with Crippen LogP contribution in [0.5, 0.6) is 0 Å². The summed E-state index contributed by atoms with van der Waals surface area (Å²) in [6.07, 6.45) is 0. The van der Waals surface area contributed by atoms with E-state index in [0.29, 0.717) is 0 Å². The molecular formula is C5H13BN4O2. The van der Waals surface area contributed by atoms with Gasteiger partial charge in [-0.05, 0) is 13.8 Å². The SMILES string of the molecule is CC(C)NC(=O)NBNC(N)=O. The minimum Gasteiger partial charge on any atom is -0.365 e. The highest BCUT2D eigenvalue weighted by atomic mass is 16.2. The van der Waals surface area contributed by atoms with Crippen molar-refractivity contribution in [2.75, 3.05) is 0 Å². The van der Waals surface area contributed by atoms with Gasteiger partial charge < -0.3 is 21.5 Å². The van der Waals surface area contributed by atoms with E-state index in [9.17, 15) is 9.59 Å². The van der Waals surface area contributed by atoms with Crippen LogP contribution in [0.15, 0.2) is 0 Å². The lowest BCUT2D eigenvalue weighted by Gasteiger charge is -2.08. The Bertz CT molecular complexity index is 173. The third-order valence-electron chi connectivity index (χ3n) is 0.931. The number of urea groups is 2. The lowest BCUT2D eigenvalue weighted by molar-refractivity contribution is 0.243. The number of primary amides is 1. The molecular weight excluding hydrogens is 159 g/mol. The molecule has 0 aliphatic rings. The van der Waals surface area contributed by atoms with Gasteiger partial charge in [-0.25, -0.2) is 0 Å². The van der Waals surface area contributed by atoms with Gasteiger partial charge in [0, 0.05) is 6.04 Å². The fraction of sp³-hybridized carbons (Fsp3) is 0.600. The molecule has 0 atom stereocenters. The Balaban J connectivity index is 3.38. The van der Waals surface area contributed by atoms with Crippen molar-refractivity contribution in [2.24, 2.45) is 5.73 Å². The summed E-state index contributed by atoms with van der Waals surface area (Å²) in [6.45, 7) is 3.67. The summed E-state index contributed by atoms with van der Waals surface area (Å²) in [5, 5.41) is 7.17. The molecule has 0 aromatic heterocycles. The Morgan fingerprint density at radius 1 is 1.33 bits per heavy atom. The number of carbonyl (C=O) groups is 2. The summed E-state index contributed by atoms with van der Waals surface area (Å²) in [7, 11) is 0.0356. The van der Waals surface area contributed by atoms with E-state index in [4.69, 9.17) is 5.73 Å². The van der Waals surface area contributed by atoms with Gasteiger partial charge in [0.15, 0.2) is 0 Å². The second-order valence-corrected chi connectivity index (χ2v) is 2.52. The first kappa shape index (κ1) is 10.6. The Labute approximate surface area is 71.5 Å². The van der Waals surface area contributed by atoms with Gasteiger partial charge in [0.25, 0.3) is 0 Å². The Morgan fingerprint density at radius 2 is 1.92 bits per heavy atom. The van der Waals surface area contributed by atoms with E-state index in [0.717, 1.165) is 0 Å². The molecule has 0 aliphatic heterocycles. The van der Waals surface area contributed by atoms with Crippen LogP contribution in [0.3, 0.4) is 0 Å². The van der Waals surface area contributed by atoms with E-state index in [2.05, 4.69) is 15.8 Å². The third-order valence-corrected chi connectivity index (χ3v) is 0.931. The molecule has 6 nitrogen and oxygen atoms in total. The van der Waals surface area contributed by atoms with Crippen LogP contribution in [0.1, 0.15) is 13.8 Å². The molecule has 4 amide bonds. The van der Waals surface area contributed by atoms with Crippen molar-refractivity contribution in [3.8, 4) is 0 Å². The van der Waals surface area contributed by atoms with Crippen molar-refractivity contribution < 1.29 is 9.59 Å². The van der Waals surface area contributed by atoms with Crippen molar-refractivity contribution in [3.05, 3.63) is 0 Å². The zero-order valence-corrected chi connectivity index (χ0v) is 7.18. The second kappa shape index (κ2) is 5.28. The number of nitrogens with one attached hydrogen (secondary N) is 3. The van der Waals surface area contributed by atoms with Gasteiger partial charge >= 0.3 is 19.6 Å². The zero-order chi connectivity index (χ0) is 9.56. The molecule has 5 N–H and O–H groups in total. The van der Waals surface area contributed by atoms with E-state index in [1.165, 1.54) is 0 Å². The molecule has 12 heavy (non-hydrogen) atoms. The largest absolute Gasteiger partial charge is 0.365 e. The highest BCUT2D eigenvalue weighted by Gasteiger charge is 2.02. The highest BCUT2D eigenvalue weighted by molar-refractivity contribution is 6.38. The van der Waals surface area contributed by atoms with Gasteiger partial charge in [0.05, 0.1) is 0 Å². The van der Waals surface area contributed by atoms with Crippen LogP contribution in [-0.4, -0.2) is 25.7 Å². The molecule has 0 radical (unpaired) electrons. The highest BCUT2D eigenvalue weighted by Crippen LogP contribution is 1.74. The molecule has 0 aliphatic carbocycles. The van der Waals surface area contributed by atoms with Crippen molar-refractivity contribution in [1.82, 2.24) is 15.8 Å². The molecule has 0 unspecified atom stereocenters. The first-order chi connectivity index (χ1) is 5.52. The number of rotatable bonds is 3. The van der Waals surface area contributed by atoms with E-state index < -0.39 is 6.03 Å². The van der Waals surface area contributed by atoms with Crippen molar-refractivity contribution in [3.63, 3.8) is 0 Å². The molecule has 7 heteroatoms. The van der Waals surface area contributed by atoms with Crippen LogP contribution in [0.4, 0.5) is 9.59 Å². The quantitative estimate of drug-likeness (QED) is 0.395. The molecule has 68 valence electrons. The van der Waals surface area contributed by atoms with Crippen LogP contribution < -0.4 is 21.5 Å². The van der Waals surface area contributed by atoms with Gasteiger partial charge in [-0.15, -0.1) is 0 Å². The Hall–Kier alpha value is -1.40. The van der Waals surface area contributed by atoms with Crippen molar-refractivity contribution in [2.45, 2.75) is 19.9 Å². The topological polar surface area (TPSA) is 96.2 Å². The molecule has 0 fully saturated rings. The van der Waals surface area contributed by atoms with Crippen LogP contribution in [0, 0.1) is 0 Å². The molecule has 0 rings (SSSR count). The van der Waals surface area contributed by atoms with Crippen molar-refractivity contribution in [1.29, 1.82) is 0 Å². The first-order valence-corrected chi connectivity index (χ1v) is 3.60. The Kier molecular flexibility index (Phi) is 4.67. The third kappa shape index (κ3) is 6.72. The maximum absolute atomic E-state index is 10.8.